The summed E-state index contributed by atoms with van der Waals surface area (Å²) >= 11 is 6.01. The van der Waals surface area contributed by atoms with Gasteiger partial charge in [0, 0.05) is 23.7 Å². The number of fused-ring (bicyclic) bond motifs is 1. The lowest BCUT2D eigenvalue weighted by Crippen LogP contribution is -2.49. The maximum absolute atomic E-state index is 12.1. The number of halogens is 1. The van der Waals surface area contributed by atoms with Gasteiger partial charge >= 0.3 is 11.8 Å². The molecule has 3 N–H and O–H groups in total. The highest BCUT2D eigenvalue weighted by molar-refractivity contribution is 6.40. The minimum atomic E-state index is -1.05. The molecule has 5 nitrogen and oxygen atoms in total. The van der Waals surface area contributed by atoms with Gasteiger partial charge in [-0.15, -0.1) is 0 Å². The average Bonchev–Trinajstić information content (AvgIpc) is 2.63. The van der Waals surface area contributed by atoms with Gasteiger partial charge in [-0.3, -0.25) is 9.59 Å². The van der Waals surface area contributed by atoms with Gasteiger partial charge in [0.1, 0.15) is 0 Å². The maximum atomic E-state index is 12.1. The van der Waals surface area contributed by atoms with Crippen LogP contribution >= 0.6 is 11.6 Å². The van der Waals surface area contributed by atoms with Crippen molar-refractivity contribution in [1.29, 1.82) is 0 Å². The molecule has 0 fully saturated rings. The second-order valence-corrected chi connectivity index (χ2v) is 7.13. The van der Waals surface area contributed by atoms with Crippen molar-refractivity contribution in [2.24, 2.45) is 0 Å². The number of anilines is 1. The average molecular weight is 373 g/mol. The van der Waals surface area contributed by atoms with Gasteiger partial charge < -0.3 is 15.7 Å². The first-order chi connectivity index (χ1) is 12.4. The SMILES string of the molecule is Cc1c(Cl)cccc1NC(=O)C(=O)NC[C@]1(O)CCc2ccccc2C1. The zero-order chi connectivity index (χ0) is 18.7. The monoisotopic (exact) mass is 372 g/mol. The van der Waals surface area contributed by atoms with E-state index in [4.69, 9.17) is 11.6 Å². The van der Waals surface area contributed by atoms with Crippen molar-refractivity contribution in [1.82, 2.24) is 5.32 Å². The van der Waals surface area contributed by atoms with E-state index in [1.807, 2.05) is 24.3 Å². The van der Waals surface area contributed by atoms with Gasteiger partial charge in [-0.25, -0.2) is 0 Å². The molecule has 1 atom stereocenters. The Bertz CT molecular complexity index is 853. The molecule has 0 radical (unpaired) electrons. The van der Waals surface area contributed by atoms with E-state index < -0.39 is 17.4 Å². The summed E-state index contributed by atoms with van der Waals surface area (Å²) in [4.78, 5) is 24.2. The fourth-order valence-electron chi connectivity index (χ4n) is 3.18. The highest BCUT2D eigenvalue weighted by Crippen LogP contribution is 2.28. The van der Waals surface area contributed by atoms with Gasteiger partial charge in [0.05, 0.1) is 5.60 Å². The van der Waals surface area contributed by atoms with E-state index in [9.17, 15) is 14.7 Å². The molecular formula is C20H21ClN2O3. The second kappa shape index (κ2) is 7.48. The Morgan fingerprint density at radius 2 is 1.85 bits per heavy atom. The number of nitrogens with one attached hydrogen (secondary N) is 2. The van der Waals surface area contributed by atoms with Crippen molar-refractivity contribution in [3.05, 3.63) is 64.2 Å². The summed E-state index contributed by atoms with van der Waals surface area (Å²) in [5.41, 5.74) is 2.43. The van der Waals surface area contributed by atoms with Crippen LogP contribution in [-0.4, -0.2) is 29.1 Å². The number of rotatable bonds is 3. The number of hydrogen-bond donors (Lipinski definition) is 3. The largest absolute Gasteiger partial charge is 0.388 e. The van der Waals surface area contributed by atoms with Crippen molar-refractivity contribution in [2.45, 2.75) is 31.8 Å². The van der Waals surface area contributed by atoms with Gasteiger partial charge in [0.15, 0.2) is 0 Å². The van der Waals surface area contributed by atoms with E-state index in [-0.39, 0.29) is 6.54 Å². The Morgan fingerprint density at radius 3 is 2.62 bits per heavy atom. The standard InChI is InChI=1S/C20H21ClN2O3/c1-13-16(21)7-4-8-17(13)23-19(25)18(24)22-12-20(26)10-9-14-5-2-3-6-15(14)11-20/h2-8,26H,9-12H2,1H3,(H,22,24)(H,23,25)/t20-/m0/s1. The number of aryl methyl sites for hydroxylation is 1. The third-order valence-corrected chi connectivity index (χ3v) is 5.21. The first kappa shape index (κ1) is 18.4. The molecule has 0 heterocycles. The summed E-state index contributed by atoms with van der Waals surface area (Å²) in [6.45, 7) is 1.79. The summed E-state index contributed by atoms with van der Waals surface area (Å²) in [6, 6.07) is 13.0. The quantitative estimate of drug-likeness (QED) is 0.725. The van der Waals surface area contributed by atoms with Crippen LogP contribution in [0.1, 0.15) is 23.1 Å². The molecule has 136 valence electrons. The maximum Gasteiger partial charge on any atom is 0.313 e. The van der Waals surface area contributed by atoms with Crippen LogP contribution in [0, 0.1) is 6.92 Å². The van der Waals surface area contributed by atoms with Crippen LogP contribution in [0.4, 0.5) is 5.69 Å². The summed E-state index contributed by atoms with van der Waals surface area (Å²) in [6.07, 6.45) is 1.74. The lowest BCUT2D eigenvalue weighted by Gasteiger charge is -2.33. The Labute approximate surface area is 157 Å². The summed E-state index contributed by atoms with van der Waals surface area (Å²) < 4.78 is 0. The molecule has 0 spiro atoms. The molecule has 0 aromatic heterocycles. The van der Waals surface area contributed by atoms with E-state index >= 15 is 0 Å². The Kier molecular flexibility index (Phi) is 5.30. The Balaban J connectivity index is 1.58. The molecule has 3 rings (SSSR count). The third kappa shape index (κ3) is 4.06. The molecule has 26 heavy (non-hydrogen) atoms. The molecule has 1 aliphatic rings. The Hall–Kier alpha value is -2.37. The van der Waals surface area contributed by atoms with Crippen LogP contribution in [0.2, 0.25) is 5.02 Å². The molecule has 2 aromatic rings. The van der Waals surface area contributed by atoms with Crippen LogP contribution < -0.4 is 10.6 Å². The third-order valence-electron chi connectivity index (χ3n) is 4.80. The predicted octanol–water partition coefficient (Wildman–Crippen LogP) is 2.62. The fraction of sp³-hybridized carbons (Fsp3) is 0.300. The molecule has 0 saturated heterocycles. The molecule has 1 aliphatic carbocycles. The van der Waals surface area contributed by atoms with Gasteiger partial charge in [-0.1, -0.05) is 41.9 Å². The van der Waals surface area contributed by atoms with Gasteiger partial charge in [0.25, 0.3) is 0 Å². The number of carbonyl (C=O) groups is 2. The summed E-state index contributed by atoms with van der Waals surface area (Å²) in [7, 11) is 0. The topological polar surface area (TPSA) is 78.4 Å². The zero-order valence-corrected chi connectivity index (χ0v) is 15.3. The lowest BCUT2D eigenvalue weighted by molar-refractivity contribution is -0.136. The van der Waals surface area contributed by atoms with Gasteiger partial charge in [-0.05, 0) is 48.6 Å². The van der Waals surface area contributed by atoms with Crippen molar-refractivity contribution in [3.8, 4) is 0 Å². The first-order valence-corrected chi connectivity index (χ1v) is 8.89. The molecule has 0 aliphatic heterocycles. The lowest BCUT2D eigenvalue weighted by atomic mass is 9.80. The molecule has 0 unspecified atom stereocenters. The van der Waals surface area contributed by atoms with E-state index in [1.165, 1.54) is 5.56 Å². The van der Waals surface area contributed by atoms with Gasteiger partial charge in [-0.2, -0.15) is 0 Å². The minimum absolute atomic E-state index is 0.0299. The molecule has 0 bridgehead atoms. The van der Waals surface area contributed by atoms with Crippen LogP contribution in [-0.2, 0) is 22.4 Å². The highest BCUT2D eigenvalue weighted by atomic mass is 35.5. The van der Waals surface area contributed by atoms with E-state index in [0.29, 0.717) is 29.1 Å². The van der Waals surface area contributed by atoms with Crippen LogP contribution in [0.25, 0.3) is 0 Å². The summed E-state index contributed by atoms with van der Waals surface area (Å²) in [5, 5.41) is 16.4. The summed E-state index contributed by atoms with van der Waals surface area (Å²) in [5.74, 6) is -1.56. The normalized spacial score (nSPS) is 18.7. The smallest absolute Gasteiger partial charge is 0.313 e. The van der Waals surface area contributed by atoms with E-state index in [1.54, 1.807) is 25.1 Å². The molecule has 2 amide bonds. The van der Waals surface area contributed by atoms with E-state index in [0.717, 1.165) is 12.0 Å². The predicted molar refractivity (Wildman–Crippen MR) is 101 cm³/mol. The van der Waals surface area contributed by atoms with Crippen molar-refractivity contribution in [3.63, 3.8) is 0 Å². The van der Waals surface area contributed by atoms with Crippen LogP contribution in [0.5, 0.6) is 0 Å². The number of benzene rings is 2. The van der Waals surface area contributed by atoms with Crippen molar-refractivity contribution in [2.75, 3.05) is 11.9 Å². The first-order valence-electron chi connectivity index (χ1n) is 8.51. The van der Waals surface area contributed by atoms with Crippen molar-refractivity contribution < 1.29 is 14.7 Å². The van der Waals surface area contributed by atoms with Crippen LogP contribution in [0.15, 0.2) is 42.5 Å². The Morgan fingerprint density at radius 1 is 1.12 bits per heavy atom. The molecule has 6 heteroatoms. The minimum Gasteiger partial charge on any atom is -0.388 e. The van der Waals surface area contributed by atoms with Crippen LogP contribution in [0.3, 0.4) is 0 Å². The number of carbonyl (C=O) groups excluding carboxylic acids is 2. The second-order valence-electron chi connectivity index (χ2n) is 6.72. The molecule has 2 aromatic carbocycles. The van der Waals surface area contributed by atoms with Gasteiger partial charge in [0.2, 0.25) is 0 Å². The highest BCUT2D eigenvalue weighted by Gasteiger charge is 2.33. The zero-order valence-electron chi connectivity index (χ0n) is 14.5. The number of aliphatic hydroxyl groups is 1. The number of amides is 2. The van der Waals surface area contributed by atoms with Crippen molar-refractivity contribution >= 4 is 29.1 Å². The molecule has 0 saturated carbocycles. The van der Waals surface area contributed by atoms with E-state index in [2.05, 4.69) is 10.6 Å². The molecular weight excluding hydrogens is 352 g/mol. The fourth-order valence-corrected chi connectivity index (χ4v) is 3.36. The number of hydrogen-bond acceptors (Lipinski definition) is 3.